The number of rotatable bonds is 1. The van der Waals surface area contributed by atoms with Gasteiger partial charge in [-0.05, 0) is 5.56 Å². The first-order valence-corrected chi connectivity index (χ1v) is 4.09. The zero-order chi connectivity index (χ0) is 8.55. The molecule has 1 aliphatic rings. The number of hydrogen-bond donors (Lipinski definition) is 0. The van der Waals surface area contributed by atoms with Gasteiger partial charge in [0, 0.05) is 13.6 Å². The van der Waals surface area contributed by atoms with Gasteiger partial charge < -0.3 is 4.90 Å². The second-order valence-electron chi connectivity index (χ2n) is 3.18. The van der Waals surface area contributed by atoms with E-state index in [-0.39, 0.29) is 11.8 Å². The predicted molar refractivity (Wildman–Crippen MR) is 46.8 cm³/mol. The normalized spacial score (nSPS) is 22.2. The second-order valence-corrected chi connectivity index (χ2v) is 3.18. The fourth-order valence-corrected chi connectivity index (χ4v) is 1.53. The van der Waals surface area contributed by atoms with Gasteiger partial charge in [-0.3, -0.25) is 4.79 Å². The molecule has 1 aliphatic heterocycles. The van der Waals surface area contributed by atoms with Gasteiger partial charge in [0.15, 0.2) is 0 Å². The maximum atomic E-state index is 11.3. The maximum absolute atomic E-state index is 11.3. The van der Waals surface area contributed by atoms with Crippen molar-refractivity contribution in [1.82, 2.24) is 4.90 Å². The molecule has 1 amide bonds. The van der Waals surface area contributed by atoms with E-state index in [1.54, 1.807) is 4.90 Å². The van der Waals surface area contributed by atoms with Gasteiger partial charge in [0.2, 0.25) is 5.91 Å². The summed E-state index contributed by atoms with van der Waals surface area (Å²) in [6, 6.07) is 9.93. The second kappa shape index (κ2) is 2.63. The number of carbonyl (C=O) groups is 1. The molecule has 2 rings (SSSR count). The average Bonchev–Trinajstić information content (AvgIpc) is 2.15. The van der Waals surface area contributed by atoms with Gasteiger partial charge in [0.05, 0.1) is 5.92 Å². The number of benzene rings is 1. The summed E-state index contributed by atoms with van der Waals surface area (Å²) >= 11 is 0. The van der Waals surface area contributed by atoms with Gasteiger partial charge in [-0.2, -0.15) is 0 Å². The van der Waals surface area contributed by atoms with Crippen molar-refractivity contribution >= 4 is 5.91 Å². The van der Waals surface area contributed by atoms with E-state index in [0.29, 0.717) is 0 Å². The van der Waals surface area contributed by atoms with E-state index >= 15 is 0 Å². The average molecular weight is 161 g/mol. The lowest BCUT2D eigenvalue weighted by atomic mass is 9.91. The van der Waals surface area contributed by atoms with Crippen LogP contribution in [-0.4, -0.2) is 24.4 Å². The van der Waals surface area contributed by atoms with Crippen LogP contribution < -0.4 is 0 Å². The number of likely N-dealkylation sites (tertiary alicyclic amines) is 1. The summed E-state index contributed by atoms with van der Waals surface area (Å²) in [6.07, 6.45) is 0. The highest BCUT2D eigenvalue weighted by Gasteiger charge is 2.34. The Kier molecular flexibility index (Phi) is 1.61. The third kappa shape index (κ3) is 0.998. The summed E-state index contributed by atoms with van der Waals surface area (Å²) in [5, 5.41) is 0. The highest BCUT2D eigenvalue weighted by atomic mass is 16.2. The van der Waals surface area contributed by atoms with Crippen molar-refractivity contribution in [3.8, 4) is 0 Å². The molecule has 1 aromatic rings. The van der Waals surface area contributed by atoms with E-state index in [1.165, 1.54) is 0 Å². The Morgan fingerprint density at radius 3 is 2.50 bits per heavy atom. The highest BCUT2D eigenvalue weighted by Crippen LogP contribution is 2.26. The van der Waals surface area contributed by atoms with E-state index in [1.807, 2.05) is 37.4 Å². The molecule has 1 aromatic carbocycles. The van der Waals surface area contributed by atoms with Gasteiger partial charge in [-0.1, -0.05) is 30.3 Å². The Morgan fingerprint density at radius 1 is 1.33 bits per heavy atom. The first kappa shape index (κ1) is 7.35. The number of likely N-dealkylation sites (N-methyl/N-ethyl adjacent to an activating group) is 1. The molecule has 0 radical (unpaired) electrons. The summed E-state index contributed by atoms with van der Waals surface area (Å²) in [7, 11) is 1.84. The molecule has 1 heterocycles. The van der Waals surface area contributed by atoms with Crippen molar-refractivity contribution in [2.24, 2.45) is 0 Å². The molecule has 62 valence electrons. The molecule has 0 spiro atoms. The minimum atomic E-state index is 0.121. The van der Waals surface area contributed by atoms with Crippen LogP contribution in [0.1, 0.15) is 11.5 Å². The standard InChI is InChI=1S/C10H11NO/c1-11-7-9(10(11)12)8-5-3-2-4-6-8/h2-6,9H,7H2,1H3. The van der Waals surface area contributed by atoms with Gasteiger partial charge >= 0.3 is 0 Å². The number of carbonyl (C=O) groups excluding carboxylic acids is 1. The topological polar surface area (TPSA) is 20.3 Å². The molecule has 0 bridgehead atoms. The van der Waals surface area contributed by atoms with Crippen LogP contribution in [-0.2, 0) is 4.79 Å². The number of nitrogens with zero attached hydrogens (tertiary/aromatic N) is 1. The lowest BCUT2D eigenvalue weighted by Crippen LogP contribution is -2.47. The van der Waals surface area contributed by atoms with Crippen LogP contribution in [0.4, 0.5) is 0 Å². The van der Waals surface area contributed by atoms with Crippen molar-refractivity contribution in [2.75, 3.05) is 13.6 Å². The van der Waals surface area contributed by atoms with Crippen molar-refractivity contribution < 1.29 is 4.79 Å². The fourth-order valence-electron chi connectivity index (χ4n) is 1.53. The van der Waals surface area contributed by atoms with Crippen LogP contribution in [0.3, 0.4) is 0 Å². The SMILES string of the molecule is CN1CC(c2ccccc2)C1=O. The molecule has 1 saturated heterocycles. The van der Waals surface area contributed by atoms with Crippen LogP contribution in [0.5, 0.6) is 0 Å². The first-order chi connectivity index (χ1) is 5.79. The maximum Gasteiger partial charge on any atom is 0.231 e. The molecule has 0 saturated carbocycles. The lowest BCUT2D eigenvalue weighted by Gasteiger charge is -2.35. The van der Waals surface area contributed by atoms with E-state index in [4.69, 9.17) is 0 Å². The van der Waals surface area contributed by atoms with Crippen LogP contribution >= 0.6 is 0 Å². The molecule has 1 fully saturated rings. The summed E-state index contributed by atoms with van der Waals surface area (Å²) in [5.74, 6) is 0.359. The van der Waals surface area contributed by atoms with Crippen LogP contribution in [0, 0.1) is 0 Å². The summed E-state index contributed by atoms with van der Waals surface area (Å²) < 4.78 is 0. The highest BCUT2D eigenvalue weighted by molar-refractivity contribution is 5.89. The number of amides is 1. The number of β-lactam (4-membered cyclic amide) rings is 1. The molecule has 0 aromatic heterocycles. The van der Waals surface area contributed by atoms with E-state index in [2.05, 4.69) is 0 Å². The smallest absolute Gasteiger partial charge is 0.231 e. The predicted octanol–water partition coefficient (Wildman–Crippen LogP) is 1.24. The monoisotopic (exact) mass is 161 g/mol. The number of hydrogen-bond acceptors (Lipinski definition) is 1. The molecular formula is C10H11NO. The largest absolute Gasteiger partial charge is 0.344 e. The third-order valence-corrected chi connectivity index (χ3v) is 2.33. The lowest BCUT2D eigenvalue weighted by molar-refractivity contribution is -0.140. The molecule has 1 atom stereocenters. The van der Waals surface area contributed by atoms with Gasteiger partial charge in [-0.25, -0.2) is 0 Å². The Bertz CT molecular complexity index is 294. The van der Waals surface area contributed by atoms with Crippen LogP contribution in [0.2, 0.25) is 0 Å². The summed E-state index contributed by atoms with van der Waals surface area (Å²) in [4.78, 5) is 13.0. The van der Waals surface area contributed by atoms with Gasteiger partial charge in [0.1, 0.15) is 0 Å². The Hall–Kier alpha value is -1.31. The van der Waals surface area contributed by atoms with Crippen molar-refractivity contribution in [1.29, 1.82) is 0 Å². The molecule has 0 aliphatic carbocycles. The van der Waals surface area contributed by atoms with Gasteiger partial charge in [0.25, 0.3) is 0 Å². The Balaban J connectivity index is 2.19. The molecule has 2 heteroatoms. The van der Waals surface area contributed by atoms with Crippen molar-refractivity contribution in [3.63, 3.8) is 0 Å². The van der Waals surface area contributed by atoms with E-state index < -0.39 is 0 Å². The zero-order valence-corrected chi connectivity index (χ0v) is 7.03. The molecular weight excluding hydrogens is 150 g/mol. The molecule has 0 N–H and O–H groups in total. The molecule has 2 nitrogen and oxygen atoms in total. The fraction of sp³-hybridized carbons (Fsp3) is 0.300. The van der Waals surface area contributed by atoms with E-state index in [9.17, 15) is 4.79 Å². The first-order valence-electron chi connectivity index (χ1n) is 4.09. The van der Waals surface area contributed by atoms with Crippen molar-refractivity contribution in [3.05, 3.63) is 35.9 Å². The molecule has 1 unspecified atom stereocenters. The minimum Gasteiger partial charge on any atom is -0.344 e. The third-order valence-electron chi connectivity index (χ3n) is 2.33. The minimum absolute atomic E-state index is 0.121. The zero-order valence-electron chi connectivity index (χ0n) is 7.03. The van der Waals surface area contributed by atoms with Crippen LogP contribution in [0.15, 0.2) is 30.3 Å². The van der Waals surface area contributed by atoms with Crippen LogP contribution in [0.25, 0.3) is 0 Å². The molecule has 12 heavy (non-hydrogen) atoms. The van der Waals surface area contributed by atoms with Crippen molar-refractivity contribution in [2.45, 2.75) is 5.92 Å². The van der Waals surface area contributed by atoms with Gasteiger partial charge in [-0.15, -0.1) is 0 Å². The summed E-state index contributed by atoms with van der Waals surface area (Å²) in [6.45, 7) is 0.864. The Labute approximate surface area is 71.8 Å². The Morgan fingerprint density at radius 2 is 2.00 bits per heavy atom. The quantitative estimate of drug-likeness (QED) is 0.567. The summed E-state index contributed by atoms with van der Waals surface area (Å²) in [5.41, 5.74) is 1.14. The van der Waals surface area contributed by atoms with E-state index in [0.717, 1.165) is 12.1 Å².